The molecule has 1 heterocycles. The van der Waals surface area contributed by atoms with Crippen molar-refractivity contribution < 1.29 is 4.79 Å². The molecule has 0 radical (unpaired) electrons. The lowest BCUT2D eigenvalue weighted by molar-refractivity contribution is 0.102. The Morgan fingerprint density at radius 2 is 2.12 bits per heavy atom. The molecule has 0 saturated carbocycles. The third kappa shape index (κ3) is 2.26. The van der Waals surface area contributed by atoms with Gasteiger partial charge in [-0.3, -0.25) is 9.89 Å². The largest absolute Gasteiger partial charge is 0.326 e. The second-order valence-electron chi connectivity index (χ2n) is 3.34. The van der Waals surface area contributed by atoms with Gasteiger partial charge in [0.1, 0.15) is 0 Å². The summed E-state index contributed by atoms with van der Waals surface area (Å²) in [7, 11) is 0. The molecule has 0 aliphatic heterocycles. The van der Waals surface area contributed by atoms with Crippen LogP contribution >= 0.6 is 0 Å². The van der Waals surface area contributed by atoms with Crippen molar-refractivity contribution in [1.29, 1.82) is 0 Å². The van der Waals surface area contributed by atoms with Gasteiger partial charge in [0.15, 0.2) is 0 Å². The number of anilines is 1. The SMILES string of the molecule is NCc1ccc(NC(=O)c2cn[nH]c2)cc1. The quantitative estimate of drug-likeness (QED) is 0.718. The smallest absolute Gasteiger partial charge is 0.258 e. The Morgan fingerprint density at radius 1 is 1.38 bits per heavy atom. The van der Waals surface area contributed by atoms with E-state index in [1.54, 1.807) is 6.20 Å². The van der Waals surface area contributed by atoms with Gasteiger partial charge < -0.3 is 11.1 Å². The molecule has 2 rings (SSSR count). The summed E-state index contributed by atoms with van der Waals surface area (Å²) in [6.45, 7) is 0.496. The number of H-pyrrole nitrogens is 1. The zero-order chi connectivity index (χ0) is 11.4. The second kappa shape index (κ2) is 4.59. The average Bonchev–Trinajstić information content (AvgIpc) is 2.83. The molecule has 1 aromatic heterocycles. The molecule has 1 amide bonds. The zero-order valence-electron chi connectivity index (χ0n) is 8.60. The summed E-state index contributed by atoms with van der Waals surface area (Å²) in [4.78, 5) is 11.6. The molecular formula is C11H12N4O. The first-order valence-electron chi connectivity index (χ1n) is 4.89. The molecule has 0 saturated heterocycles. The highest BCUT2D eigenvalue weighted by Crippen LogP contribution is 2.10. The minimum atomic E-state index is -0.186. The number of carbonyl (C=O) groups is 1. The van der Waals surface area contributed by atoms with E-state index >= 15 is 0 Å². The van der Waals surface area contributed by atoms with Crippen LogP contribution in [0.4, 0.5) is 5.69 Å². The fourth-order valence-corrected chi connectivity index (χ4v) is 1.30. The van der Waals surface area contributed by atoms with Crippen molar-refractivity contribution in [1.82, 2.24) is 10.2 Å². The van der Waals surface area contributed by atoms with Crippen molar-refractivity contribution in [3.8, 4) is 0 Å². The number of nitrogens with zero attached hydrogens (tertiary/aromatic N) is 1. The molecule has 0 bridgehead atoms. The summed E-state index contributed by atoms with van der Waals surface area (Å²) in [5, 5.41) is 9.05. The molecule has 2 aromatic rings. The standard InChI is InChI=1S/C11H12N4O/c12-5-8-1-3-10(4-2-8)15-11(16)9-6-13-14-7-9/h1-4,6-7H,5,12H2,(H,13,14)(H,15,16). The maximum absolute atomic E-state index is 11.6. The average molecular weight is 216 g/mol. The van der Waals surface area contributed by atoms with Crippen LogP contribution in [0.2, 0.25) is 0 Å². The van der Waals surface area contributed by atoms with Crippen molar-refractivity contribution in [3.05, 3.63) is 47.8 Å². The second-order valence-corrected chi connectivity index (χ2v) is 3.34. The van der Waals surface area contributed by atoms with E-state index in [4.69, 9.17) is 5.73 Å². The normalized spacial score (nSPS) is 10.1. The van der Waals surface area contributed by atoms with Crippen molar-refractivity contribution in [2.75, 3.05) is 5.32 Å². The fraction of sp³-hybridized carbons (Fsp3) is 0.0909. The summed E-state index contributed by atoms with van der Waals surface area (Å²) in [5.41, 5.74) is 7.75. The van der Waals surface area contributed by atoms with Gasteiger partial charge in [0.2, 0.25) is 0 Å². The van der Waals surface area contributed by atoms with E-state index in [0.717, 1.165) is 11.3 Å². The Balaban J connectivity index is 2.06. The molecule has 0 aliphatic rings. The molecule has 0 unspecified atom stereocenters. The summed E-state index contributed by atoms with van der Waals surface area (Å²) in [6.07, 6.45) is 3.02. The van der Waals surface area contributed by atoms with Crippen LogP contribution in [0.1, 0.15) is 15.9 Å². The van der Waals surface area contributed by atoms with Crippen LogP contribution in [0.15, 0.2) is 36.7 Å². The summed E-state index contributed by atoms with van der Waals surface area (Å²) < 4.78 is 0. The number of rotatable bonds is 3. The molecule has 16 heavy (non-hydrogen) atoms. The van der Waals surface area contributed by atoms with Crippen LogP contribution in [-0.4, -0.2) is 16.1 Å². The van der Waals surface area contributed by atoms with Gasteiger partial charge in [0.25, 0.3) is 5.91 Å². The van der Waals surface area contributed by atoms with Crippen molar-refractivity contribution in [3.63, 3.8) is 0 Å². The van der Waals surface area contributed by atoms with Gasteiger partial charge in [-0.2, -0.15) is 5.10 Å². The Hall–Kier alpha value is -2.14. The first-order chi connectivity index (χ1) is 7.79. The van der Waals surface area contributed by atoms with E-state index in [2.05, 4.69) is 15.5 Å². The van der Waals surface area contributed by atoms with Crippen molar-refractivity contribution in [2.24, 2.45) is 5.73 Å². The molecule has 0 aliphatic carbocycles. The fourth-order valence-electron chi connectivity index (χ4n) is 1.30. The first-order valence-corrected chi connectivity index (χ1v) is 4.89. The number of benzene rings is 1. The number of amides is 1. The molecular weight excluding hydrogens is 204 g/mol. The van der Waals surface area contributed by atoms with Gasteiger partial charge >= 0.3 is 0 Å². The van der Waals surface area contributed by atoms with Gasteiger partial charge in [0, 0.05) is 18.4 Å². The van der Waals surface area contributed by atoms with Crippen molar-refractivity contribution >= 4 is 11.6 Å². The van der Waals surface area contributed by atoms with Crippen LogP contribution in [0.3, 0.4) is 0 Å². The monoisotopic (exact) mass is 216 g/mol. The number of aromatic amines is 1. The van der Waals surface area contributed by atoms with E-state index in [-0.39, 0.29) is 5.91 Å². The number of nitrogens with two attached hydrogens (primary N) is 1. The Labute approximate surface area is 92.7 Å². The van der Waals surface area contributed by atoms with E-state index in [9.17, 15) is 4.79 Å². The third-order valence-corrected chi connectivity index (χ3v) is 2.21. The molecule has 5 heteroatoms. The molecule has 4 N–H and O–H groups in total. The van der Waals surface area contributed by atoms with Gasteiger partial charge in [-0.15, -0.1) is 0 Å². The highest BCUT2D eigenvalue weighted by molar-refractivity contribution is 6.03. The molecule has 0 fully saturated rings. The number of hydrogen-bond acceptors (Lipinski definition) is 3. The number of carbonyl (C=O) groups excluding carboxylic acids is 1. The van der Waals surface area contributed by atoms with E-state index < -0.39 is 0 Å². The van der Waals surface area contributed by atoms with Crippen LogP contribution in [0.5, 0.6) is 0 Å². The molecule has 0 atom stereocenters. The van der Waals surface area contributed by atoms with E-state index in [1.165, 1.54) is 6.20 Å². The van der Waals surface area contributed by atoms with Crippen molar-refractivity contribution in [2.45, 2.75) is 6.54 Å². The van der Waals surface area contributed by atoms with E-state index in [1.807, 2.05) is 24.3 Å². The third-order valence-electron chi connectivity index (χ3n) is 2.21. The minimum Gasteiger partial charge on any atom is -0.326 e. The molecule has 1 aromatic carbocycles. The zero-order valence-corrected chi connectivity index (χ0v) is 8.60. The molecule has 82 valence electrons. The lowest BCUT2D eigenvalue weighted by Gasteiger charge is -2.04. The summed E-state index contributed by atoms with van der Waals surface area (Å²) in [5.74, 6) is -0.186. The molecule has 5 nitrogen and oxygen atoms in total. The van der Waals surface area contributed by atoms with Crippen LogP contribution in [0, 0.1) is 0 Å². The molecule has 0 spiro atoms. The van der Waals surface area contributed by atoms with Gasteiger partial charge in [0.05, 0.1) is 11.8 Å². The Kier molecular flexibility index (Phi) is 2.98. The topological polar surface area (TPSA) is 83.8 Å². The van der Waals surface area contributed by atoms with Crippen LogP contribution in [-0.2, 0) is 6.54 Å². The van der Waals surface area contributed by atoms with E-state index in [0.29, 0.717) is 12.1 Å². The minimum absolute atomic E-state index is 0.186. The van der Waals surface area contributed by atoms with Crippen LogP contribution in [0.25, 0.3) is 0 Å². The van der Waals surface area contributed by atoms with Gasteiger partial charge in [-0.25, -0.2) is 0 Å². The first kappa shape index (κ1) is 10.4. The highest BCUT2D eigenvalue weighted by Gasteiger charge is 2.06. The lowest BCUT2D eigenvalue weighted by atomic mass is 10.2. The number of hydrogen-bond donors (Lipinski definition) is 3. The lowest BCUT2D eigenvalue weighted by Crippen LogP contribution is -2.10. The maximum Gasteiger partial charge on any atom is 0.258 e. The highest BCUT2D eigenvalue weighted by atomic mass is 16.1. The predicted octanol–water partition coefficient (Wildman–Crippen LogP) is 1.12. The number of aromatic nitrogens is 2. The van der Waals surface area contributed by atoms with Gasteiger partial charge in [-0.1, -0.05) is 12.1 Å². The van der Waals surface area contributed by atoms with Gasteiger partial charge in [-0.05, 0) is 17.7 Å². The Morgan fingerprint density at radius 3 is 2.69 bits per heavy atom. The van der Waals surface area contributed by atoms with Crippen LogP contribution < -0.4 is 11.1 Å². The predicted molar refractivity (Wildman–Crippen MR) is 60.9 cm³/mol. The number of nitrogens with one attached hydrogen (secondary N) is 2. The summed E-state index contributed by atoms with van der Waals surface area (Å²) >= 11 is 0. The maximum atomic E-state index is 11.6. The summed E-state index contributed by atoms with van der Waals surface area (Å²) in [6, 6.07) is 7.40. The Bertz CT molecular complexity index is 461.